The van der Waals surface area contributed by atoms with Gasteiger partial charge in [0.25, 0.3) is 0 Å². The van der Waals surface area contributed by atoms with Crippen molar-refractivity contribution in [3.05, 3.63) is 29.8 Å². The van der Waals surface area contributed by atoms with Gasteiger partial charge in [0.2, 0.25) is 5.91 Å². The van der Waals surface area contributed by atoms with Gasteiger partial charge in [-0.2, -0.15) is 0 Å². The normalized spacial score (nSPS) is 26.5. The third-order valence-electron chi connectivity index (χ3n) is 4.57. The Morgan fingerprint density at radius 3 is 2.71 bits per heavy atom. The van der Waals surface area contributed by atoms with E-state index < -0.39 is 0 Å². The fourth-order valence-corrected chi connectivity index (χ4v) is 3.14. The van der Waals surface area contributed by atoms with Crippen molar-refractivity contribution in [3.8, 4) is 0 Å². The number of hydrogen-bond donors (Lipinski definition) is 2. The van der Waals surface area contributed by atoms with Gasteiger partial charge in [-0.15, -0.1) is 0 Å². The Balaban J connectivity index is 1.52. The van der Waals surface area contributed by atoms with Crippen LogP contribution in [-0.2, 0) is 9.53 Å². The van der Waals surface area contributed by atoms with E-state index in [1.54, 1.807) is 0 Å². The molecule has 2 aliphatic rings. The molecule has 0 bridgehead atoms. The van der Waals surface area contributed by atoms with Crippen molar-refractivity contribution in [2.75, 3.05) is 12.3 Å². The SMILES string of the molecule is CC(CC(=O)NC1CCOC1C1CC1)c1ccc(N)cc1. The van der Waals surface area contributed by atoms with Gasteiger partial charge in [-0.05, 0) is 48.8 Å². The zero-order chi connectivity index (χ0) is 14.8. The fourth-order valence-electron chi connectivity index (χ4n) is 3.14. The first-order valence-corrected chi connectivity index (χ1v) is 7.90. The highest BCUT2D eigenvalue weighted by Crippen LogP contribution is 2.38. The van der Waals surface area contributed by atoms with Crippen molar-refractivity contribution in [2.24, 2.45) is 5.92 Å². The van der Waals surface area contributed by atoms with Gasteiger partial charge in [0.1, 0.15) is 0 Å². The molecule has 3 N–H and O–H groups in total. The molecule has 3 atom stereocenters. The van der Waals surface area contributed by atoms with Crippen molar-refractivity contribution in [3.63, 3.8) is 0 Å². The number of ether oxygens (including phenoxy) is 1. The standard InChI is InChI=1S/C17H24N2O2/c1-11(12-4-6-14(18)7-5-12)10-16(20)19-15-8-9-21-17(15)13-2-3-13/h4-7,11,13,15,17H,2-3,8-10,18H2,1H3,(H,19,20). The summed E-state index contributed by atoms with van der Waals surface area (Å²) in [5, 5.41) is 3.17. The summed E-state index contributed by atoms with van der Waals surface area (Å²) in [5.41, 5.74) is 7.60. The molecule has 4 heteroatoms. The van der Waals surface area contributed by atoms with Crippen LogP contribution < -0.4 is 11.1 Å². The second kappa shape index (κ2) is 6.06. The lowest BCUT2D eigenvalue weighted by Gasteiger charge is -2.20. The number of amides is 1. The van der Waals surface area contributed by atoms with E-state index in [0.717, 1.165) is 24.3 Å². The van der Waals surface area contributed by atoms with Gasteiger partial charge in [-0.25, -0.2) is 0 Å². The lowest BCUT2D eigenvalue weighted by molar-refractivity contribution is -0.122. The smallest absolute Gasteiger partial charge is 0.220 e. The number of hydrogen-bond acceptors (Lipinski definition) is 3. The highest BCUT2D eigenvalue weighted by atomic mass is 16.5. The van der Waals surface area contributed by atoms with Crippen LogP contribution in [0, 0.1) is 5.92 Å². The maximum Gasteiger partial charge on any atom is 0.220 e. The van der Waals surface area contributed by atoms with Gasteiger partial charge in [0.05, 0.1) is 12.1 Å². The molecule has 3 unspecified atom stereocenters. The molecule has 3 rings (SSSR count). The second-order valence-corrected chi connectivity index (χ2v) is 6.41. The Kier molecular flexibility index (Phi) is 4.15. The molecular weight excluding hydrogens is 264 g/mol. The lowest BCUT2D eigenvalue weighted by atomic mass is 9.96. The Morgan fingerprint density at radius 2 is 2.05 bits per heavy atom. The zero-order valence-electron chi connectivity index (χ0n) is 12.5. The molecular formula is C17H24N2O2. The Morgan fingerprint density at radius 1 is 1.33 bits per heavy atom. The van der Waals surface area contributed by atoms with Crippen molar-refractivity contribution in [1.82, 2.24) is 5.32 Å². The molecule has 1 amide bonds. The summed E-state index contributed by atoms with van der Waals surface area (Å²) in [6.07, 6.45) is 4.21. The van der Waals surface area contributed by atoms with Gasteiger partial charge in [0, 0.05) is 18.7 Å². The van der Waals surface area contributed by atoms with E-state index in [-0.39, 0.29) is 24.0 Å². The van der Waals surface area contributed by atoms with Crippen LogP contribution in [0.25, 0.3) is 0 Å². The maximum absolute atomic E-state index is 12.2. The third-order valence-corrected chi connectivity index (χ3v) is 4.57. The number of carbonyl (C=O) groups is 1. The first-order valence-electron chi connectivity index (χ1n) is 7.90. The second-order valence-electron chi connectivity index (χ2n) is 6.41. The molecule has 0 aromatic heterocycles. The highest BCUT2D eigenvalue weighted by Gasteiger charge is 2.41. The van der Waals surface area contributed by atoms with E-state index in [4.69, 9.17) is 10.5 Å². The topological polar surface area (TPSA) is 64.3 Å². The minimum Gasteiger partial charge on any atom is -0.399 e. The largest absolute Gasteiger partial charge is 0.399 e. The molecule has 4 nitrogen and oxygen atoms in total. The Labute approximate surface area is 126 Å². The number of carbonyl (C=O) groups excluding carboxylic acids is 1. The minimum atomic E-state index is 0.125. The average molecular weight is 288 g/mol. The van der Waals surface area contributed by atoms with Crippen LogP contribution in [-0.4, -0.2) is 24.7 Å². The maximum atomic E-state index is 12.2. The minimum absolute atomic E-state index is 0.125. The Hall–Kier alpha value is -1.55. The highest BCUT2D eigenvalue weighted by molar-refractivity contribution is 5.77. The molecule has 0 radical (unpaired) electrons. The summed E-state index contributed by atoms with van der Waals surface area (Å²) >= 11 is 0. The van der Waals surface area contributed by atoms with Crippen LogP contribution >= 0.6 is 0 Å². The van der Waals surface area contributed by atoms with Crippen LogP contribution in [0.2, 0.25) is 0 Å². The Bertz CT molecular complexity index is 496. The molecule has 1 saturated carbocycles. The van der Waals surface area contributed by atoms with Gasteiger partial charge >= 0.3 is 0 Å². The quantitative estimate of drug-likeness (QED) is 0.818. The van der Waals surface area contributed by atoms with E-state index in [1.165, 1.54) is 12.8 Å². The van der Waals surface area contributed by atoms with Gasteiger partial charge in [0.15, 0.2) is 0 Å². The molecule has 0 spiro atoms. The van der Waals surface area contributed by atoms with Crippen molar-refractivity contribution < 1.29 is 9.53 Å². The average Bonchev–Trinajstić information content (AvgIpc) is 3.20. The predicted molar refractivity (Wildman–Crippen MR) is 82.9 cm³/mol. The number of nitrogens with one attached hydrogen (secondary N) is 1. The molecule has 1 aliphatic carbocycles. The van der Waals surface area contributed by atoms with Crippen molar-refractivity contribution in [2.45, 2.75) is 50.7 Å². The number of nitrogen functional groups attached to an aromatic ring is 1. The van der Waals surface area contributed by atoms with E-state index in [0.29, 0.717) is 12.3 Å². The molecule has 1 heterocycles. The summed E-state index contributed by atoms with van der Waals surface area (Å²) in [6.45, 7) is 2.86. The van der Waals surface area contributed by atoms with E-state index >= 15 is 0 Å². The molecule has 1 aromatic rings. The van der Waals surface area contributed by atoms with Crippen molar-refractivity contribution in [1.29, 1.82) is 0 Å². The summed E-state index contributed by atoms with van der Waals surface area (Å²) in [7, 11) is 0. The third kappa shape index (κ3) is 3.56. The zero-order valence-corrected chi connectivity index (χ0v) is 12.5. The van der Waals surface area contributed by atoms with E-state index in [2.05, 4.69) is 12.2 Å². The molecule has 1 aliphatic heterocycles. The molecule has 114 valence electrons. The first kappa shape index (κ1) is 14.4. The molecule has 1 aromatic carbocycles. The number of nitrogens with two attached hydrogens (primary N) is 1. The number of benzene rings is 1. The molecule has 1 saturated heterocycles. The number of anilines is 1. The van der Waals surface area contributed by atoms with Crippen LogP contribution in [0.4, 0.5) is 5.69 Å². The van der Waals surface area contributed by atoms with E-state index in [9.17, 15) is 4.79 Å². The monoisotopic (exact) mass is 288 g/mol. The van der Waals surface area contributed by atoms with Gasteiger partial charge in [-0.1, -0.05) is 19.1 Å². The van der Waals surface area contributed by atoms with Crippen LogP contribution in [0.1, 0.15) is 44.1 Å². The van der Waals surface area contributed by atoms with Gasteiger partial charge < -0.3 is 15.8 Å². The summed E-state index contributed by atoms with van der Waals surface area (Å²) < 4.78 is 5.76. The first-order chi connectivity index (χ1) is 10.1. The van der Waals surface area contributed by atoms with Crippen LogP contribution in [0.5, 0.6) is 0 Å². The number of rotatable bonds is 5. The fraction of sp³-hybridized carbons (Fsp3) is 0.588. The predicted octanol–water partition coefficient (Wildman–Crippen LogP) is 2.45. The molecule has 2 fully saturated rings. The van der Waals surface area contributed by atoms with Crippen LogP contribution in [0.15, 0.2) is 24.3 Å². The summed E-state index contributed by atoms with van der Waals surface area (Å²) in [5.74, 6) is 1.00. The summed E-state index contributed by atoms with van der Waals surface area (Å²) in [6, 6.07) is 7.98. The summed E-state index contributed by atoms with van der Waals surface area (Å²) in [4.78, 5) is 12.2. The van der Waals surface area contributed by atoms with Crippen molar-refractivity contribution >= 4 is 11.6 Å². The van der Waals surface area contributed by atoms with E-state index in [1.807, 2.05) is 24.3 Å². The molecule has 21 heavy (non-hydrogen) atoms. The van der Waals surface area contributed by atoms with Crippen LogP contribution in [0.3, 0.4) is 0 Å². The lowest BCUT2D eigenvalue weighted by Crippen LogP contribution is -2.41. The van der Waals surface area contributed by atoms with Gasteiger partial charge in [-0.3, -0.25) is 4.79 Å².